The first-order chi connectivity index (χ1) is 9.96. The van der Waals surface area contributed by atoms with E-state index in [1.54, 1.807) is 11.4 Å². The molecule has 2 aliphatic heterocycles. The fourth-order valence-corrected chi connectivity index (χ4v) is 4.38. The van der Waals surface area contributed by atoms with Crippen LogP contribution >= 0.6 is 0 Å². The zero-order chi connectivity index (χ0) is 15.0. The summed E-state index contributed by atoms with van der Waals surface area (Å²) in [6.07, 6.45) is 2.53. The molecule has 0 radical (unpaired) electrons. The zero-order valence-electron chi connectivity index (χ0n) is 11.9. The molecule has 0 saturated heterocycles. The summed E-state index contributed by atoms with van der Waals surface area (Å²) >= 11 is 0. The number of para-hydroxylation sites is 1. The molecule has 2 heterocycles. The van der Waals surface area contributed by atoms with Gasteiger partial charge in [0.15, 0.2) is 16.4 Å². The third kappa shape index (κ3) is 2.87. The quantitative estimate of drug-likeness (QED) is 0.843. The van der Waals surface area contributed by atoms with Crippen molar-refractivity contribution in [3.8, 4) is 0 Å². The highest BCUT2D eigenvalue weighted by molar-refractivity contribution is 7.94. The predicted molar refractivity (Wildman–Crippen MR) is 80.6 cm³/mol. The molecule has 112 valence electrons. The molecule has 1 aromatic rings. The van der Waals surface area contributed by atoms with Gasteiger partial charge in [-0.05, 0) is 31.1 Å². The second-order valence-corrected chi connectivity index (χ2v) is 7.64. The highest BCUT2D eigenvalue weighted by Crippen LogP contribution is 2.31. The Morgan fingerprint density at radius 2 is 2.14 bits per heavy atom. The highest BCUT2D eigenvalue weighted by atomic mass is 32.2. The first-order valence-corrected chi connectivity index (χ1v) is 8.82. The van der Waals surface area contributed by atoms with E-state index in [9.17, 15) is 13.2 Å². The maximum atomic E-state index is 12.5. The maximum Gasteiger partial charge on any atom is 0.282 e. The number of anilines is 1. The molecule has 5 nitrogen and oxygen atoms in total. The summed E-state index contributed by atoms with van der Waals surface area (Å²) in [5, 5.41) is 3.05. The number of rotatable bonds is 3. The van der Waals surface area contributed by atoms with Crippen LogP contribution in [0, 0.1) is 0 Å². The Balaban J connectivity index is 1.65. The molecular formula is C15H19N2O3S+. The van der Waals surface area contributed by atoms with Crippen LogP contribution in [0.4, 0.5) is 5.69 Å². The number of hydrogen-bond acceptors (Lipinski definition) is 3. The lowest BCUT2D eigenvalue weighted by atomic mass is 10.1. The molecule has 0 bridgehead atoms. The average Bonchev–Trinajstić information content (AvgIpc) is 2.94. The van der Waals surface area contributed by atoms with Gasteiger partial charge < -0.3 is 10.2 Å². The van der Waals surface area contributed by atoms with Gasteiger partial charge in [-0.2, -0.15) is 0 Å². The molecule has 2 atom stereocenters. The van der Waals surface area contributed by atoms with E-state index < -0.39 is 9.84 Å². The molecule has 0 fully saturated rings. The lowest BCUT2D eigenvalue weighted by Crippen LogP contribution is -2.92. The van der Waals surface area contributed by atoms with Gasteiger partial charge in [-0.1, -0.05) is 18.2 Å². The number of benzene rings is 1. The van der Waals surface area contributed by atoms with Crippen LogP contribution in [0.5, 0.6) is 0 Å². The maximum absolute atomic E-state index is 12.5. The van der Waals surface area contributed by atoms with Crippen LogP contribution < -0.4 is 10.2 Å². The van der Waals surface area contributed by atoms with Gasteiger partial charge in [0.1, 0.15) is 11.8 Å². The van der Waals surface area contributed by atoms with E-state index in [0.29, 0.717) is 0 Å². The van der Waals surface area contributed by atoms with Gasteiger partial charge in [-0.25, -0.2) is 8.42 Å². The lowest BCUT2D eigenvalue weighted by Gasteiger charge is -2.22. The van der Waals surface area contributed by atoms with Crippen molar-refractivity contribution in [2.45, 2.75) is 25.4 Å². The van der Waals surface area contributed by atoms with Crippen LogP contribution in [-0.2, 0) is 21.1 Å². The normalized spacial score (nSPS) is 26.0. The van der Waals surface area contributed by atoms with Crippen molar-refractivity contribution in [2.75, 3.05) is 17.2 Å². The van der Waals surface area contributed by atoms with E-state index in [2.05, 4.69) is 6.07 Å². The fourth-order valence-electron chi connectivity index (χ4n) is 3.04. The predicted octanol–water partition coefficient (Wildman–Crippen LogP) is -0.162. The van der Waals surface area contributed by atoms with Crippen molar-refractivity contribution in [3.63, 3.8) is 0 Å². The summed E-state index contributed by atoms with van der Waals surface area (Å²) in [4.78, 5) is 14.3. The first-order valence-electron chi connectivity index (χ1n) is 7.10. The van der Waals surface area contributed by atoms with Crippen LogP contribution in [0.15, 0.2) is 35.7 Å². The number of nitrogens with zero attached hydrogens (tertiary/aromatic N) is 1. The Bertz CT molecular complexity index is 697. The van der Waals surface area contributed by atoms with Crippen LogP contribution in [0.3, 0.4) is 0 Å². The molecule has 2 N–H and O–H groups in total. The number of nitrogens with two attached hydrogens (primary N) is 1. The third-order valence-corrected chi connectivity index (χ3v) is 5.45. The summed E-state index contributed by atoms with van der Waals surface area (Å²) in [7, 11) is -3.06. The number of sulfone groups is 1. The summed E-state index contributed by atoms with van der Waals surface area (Å²) in [5.74, 6) is 0.122. The fraction of sp³-hybridized carbons (Fsp3) is 0.400. The van der Waals surface area contributed by atoms with Crippen LogP contribution in [0.25, 0.3) is 0 Å². The standard InChI is InChI=1S/C15H18N2O3S/c1-11-8-12-4-2-3-5-14(12)17(11)15(18)9-16-13-6-7-21(19,20)10-13/h2-7,11,13,16H,8-10H2,1H3/p+1/t11-,13+/m0/s1. The van der Waals surface area contributed by atoms with Crippen LogP contribution in [0.2, 0.25) is 0 Å². The van der Waals surface area contributed by atoms with E-state index >= 15 is 0 Å². The van der Waals surface area contributed by atoms with Crippen molar-refractivity contribution in [2.24, 2.45) is 0 Å². The average molecular weight is 307 g/mol. The molecule has 1 amide bonds. The number of quaternary nitrogens is 1. The van der Waals surface area contributed by atoms with E-state index in [-0.39, 0.29) is 30.3 Å². The summed E-state index contributed by atoms with van der Waals surface area (Å²) in [5.41, 5.74) is 2.18. The molecule has 1 aromatic carbocycles. The van der Waals surface area contributed by atoms with Crippen LogP contribution in [0.1, 0.15) is 12.5 Å². The van der Waals surface area contributed by atoms with E-state index in [1.807, 2.05) is 30.0 Å². The van der Waals surface area contributed by atoms with E-state index in [0.717, 1.165) is 12.1 Å². The Labute approximate surface area is 124 Å². The Morgan fingerprint density at radius 1 is 1.38 bits per heavy atom. The van der Waals surface area contributed by atoms with Gasteiger partial charge in [0.25, 0.3) is 5.91 Å². The van der Waals surface area contributed by atoms with Crippen molar-refractivity contribution < 1.29 is 18.5 Å². The molecule has 0 spiro atoms. The molecule has 21 heavy (non-hydrogen) atoms. The summed E-state index contributed by atoms with van der Waals surface area (Å²) in [6.45, 7) is 2.31. The van der Waals surface area contributed by atoms with E-state index in [4.69, 9.17) is 0 Å². The van der Waals surface area contributed by atoms with Gasteiger partial charge in [-0.15, -0.1) is 0 Å². The minimum Gasteiger partial charge on any atom is -0.332 e. The Morgan fingerprint density at radius 3 is 2.86 bits per heavy atom. The van der Waals surface area contributed by atoms with Gasteiger partial charge in [0, 0.05) is 17.1 Å². The first kappa shape index (κ1) is 14.3. The van der Waals surface area contributed by atoms with Gasteiger partial charge in [0.2, 0.25) is 0 Å². The zero-order valence-corrected chi connectivity index (χ0v) is 12.7. The molecular weight excluding hydrogens is 288 g/mol. The number of amides is 1. The van der Waals surface area contributed by atoms with Crippen molar-refractivity contribution in [3.05, 3.63) is 41.3 Å². The summed E-state index contributed by atoms with van der Waals surface area (Å²) in [6, 6.07) is 7.96. The van der Waals surface area contributed by atoms with Crippen molar-refractivity contribution in [1.82, 2.24) is 0 Å². The van der Waals surface area contributed by atoms with Gasteiger partial charge in [-0.3, -0.25) is 4.79 Å². The molecule has 6 heteroatoms. The molecule has 3 rings (SSSR count). The lowest BCUT2D eigenvalue weighted by molar-refractivity contribution is -0.664. The number of carbonyl (C=O) groups excluding carboxylic acids is 1. The Hall–Kier alpha value is -1.66. The Kier molecular flexibility index (Phi) is 3.59. The van der Waals surface area contributed by atoms with E-state index in [1.165, 1.54) is 11.0 Å². The van der Waals surface area contributed by atoms with Crippen molar-refractivity contribution in [1.29, 1.82) is 0 Å². The summed E-state index contributed by atoms with van der Waals surface area (Å²) < 4.78 is 22.7. The highest BCUT2D eigenvalue weighted by Gasteiger charge is 2.32. The largest absolute Gasteiger partial charge is 0.332 e. The number of fused-ring (bicyclic) bond motifs is 1. The minimum absolute atomic E-state index is 0.0325. The number of carbonyl (C=O) groups is 1. The molecule has 2 aliphatic rings. The third-order valence-electron chi connectivity index (χ3n) is 4.03. The smallest absolute Gasteiger partial charge is 0.282 e. The van der Waals surface area contributed by atoms with Crippen LogP contribution in [-0.4, -0.2) is 38.7 Å². The number of hydrogen-bond donors (Lipinski definition) is 1. The van der Waals surface area contributed by atoms with Gasteiger partial charge >= 0.3 is 0 Å². The van der Waals surface area contributed by atoms with Gasteiger partial charge in [0.05, 0.1) is 0 Å². The SMILES string of the molecule is C[C@H]1Cc2ccccc2N1C(=O)C[NH2+][C@@H]1C=CS(=O)(=O)C1. The molecule has 0 saturated carbocycles. The van der Waals surface area contributed by atoms with Crippen molar-refractivity contribution >= 4 is 21.4 Å². The monoisotopic (exact) mass is 307 g/mol. The molecule has 0 aromatic heterocycles. The second-order valence-electron chi connectivity index (χ2n) is 5.71. The second kappa shape index (κ2) is 5.27. The topological polar surface area (TPSA) is 71.1 Å². The molecule has 0 aliphatic carbocycles. The molecule has 0 unspecified atom stereocenters. The minimum atomic E-state index is -3.06.